The second-order valence-corrected chi connectivity index (χ2v) is 15.1. The Bertz CT molecular complexity index is 151. The molecule has 0 saturated carbocycles. The number of rotatable bonds is 10. The van der Waals surface area contributed by atoms with E-state index in [0.29, 0.717) is 0 Å². The van der Waals surface area contributed by atoms with E-state index in [4.69, 9.17) is 0 Å². The predicted molar refractivity (Wildman–Crippen MR) is 76.8 cm³/mol. The molecule has 0 fully saturated rings. The Kier molecular flexibility index (Phi) is 11.5. The van der Waals surface area contributed by atoms with Crippen molar-refractivity contribution < 1.29 is 0 Å². The van der Waals surface area contributed by atoms with Gasteiger partial charge in [0, 0.05) is 0 Å². The zero-order valence-electron chi connectivity index (χ0n) is 12.1. The van der Waals surface area contributed by atoms with Gasteiger partial charge in [-0.25, -0.2) is 0 Å². The maximum absolute atomic E-state index is 2.61. The zero-order valence-corrected chi connectivity index (χ0v) is 15.4. The van der Waals surface area contributed by atoms with Crippen molar-refractivity contribution in [2.45, 2.75) is 39.2 Å². The molecule has 3 heteroatoms. The molecule has 0 aromatic carbocycles. The fourth-order valence-corrected chi connectivity index (χ4v) is 7.95. The van der Waals surface area contributed by atoms with E-state index in [0.717, 1.165) is 0 Å². The summed E-state index contributed by atoms with van der Waals surface area (Å²) in [5.41, 5.74) is 0. The van der Waals surface area contributed by atoms with Gasteiger partial charge in [0.1, 0.15) is 0 Å². The van der Waals surface area contributed by atoms with E-state index in [1.807, 2.05) is 0 Å². The zero-order chi connectivity index (χ0) is 12.4. The van der Waals surface area contributed by atoms with E-state index < -0.39 is 21.4 Å². The molecule has 0 rings (SSSR count). The van der Waals surface area contributed by atoms with Gasteiger partial charge in [0.25, 0.3) is 0 Å². The topological polar surface area (TPSA) is 6.48 Å². The Labute approximate surface area is 111 Å². The van der Waals surface area contributed by atoms with Crippen molar-refractivity contribution in [2.24, 2.45) is 0 Å². The molecular weight excluding hydrogens is 299 g/mol. The van der Waals surface area contributed by atoms with E-state index in [-0.39, 0.29) is 0 Å². The predicted octanol–water partition coefficient (Wildman–Crippen LogP) is 2.79. The Morgan fingerprint density at radius 3 is 1.94 bits per heavy atom. The molecule has 0 aromatic heterocycles. The van der Waals surface area contributed by atoms with Gasteiger partial charge >= 0.3 is 111 Å². The fraction of sp³-hybridized carbons (Fsp3) is 1.00. The van der Waals surface area contributed by atoms with Crippen molar-refractivity contribution in [3.63, 3.8) is 0 Å². The molecule has 0 N–H and O–H groups in total. The molecule has 0 aliphatic carbocycles. The first-order valence-corrected chi connectivity index (χ1v) is 14.8. The van der Waals surface area contributed by atoms with Crippen molar-refractivity contribution >= 4 is 21.4 Å². The quantitative estimate of drug-likeness (QED) is 0.608. The van der Waals surface area contributed by atoms with Crippen LogP contribution in [-0.2, 0) is 0 Å². The molecule has 0 unspecified atom stereocenters. The van der Waals surface area contributed by atoms with Gasteiger partial charge in [-0.2, -0.15) is 0 Å². The molecule has 0 bridgehead atoms. The number of hydrogen-bond donors (Lipinski definition) is 0. The van der Waals surface area contributed by atoms with Crippen LogP contribution in [-0.4, -0.2) is 72.0 Å². The van der Waals surface area contributed by atoms with Gasteiger partial charge < -0.3 is 0 Å². The van der Waals surface area contributed by atoms with Crippen LogP contribution in [0.5, 0.6) is 0 Å². The summed E-state index contributed by atoms with van der Waals surface area (Å²) in [7, 11) is 6.62. The van der Waals surface area contributed by atoms with Crippen molar-refractivity contribution in [3.8, 4) is 0 Å². The van der Waals surface area contributed by atoms with Crippen molar-refractivity contribution in [2.75, 3.05) is 40.8 Å². The van der Waals surface area contributed by atoms with Crippen LogP contribution >= 0.6 is 0 Å². The Balaban J connectivity index is 3.32. The first-order chi connectivity index (χ1) is 7.56. The molecule has 0 aromatic rings. The summed E-state index contributed by atoms with van der Waals surface area (Å²) < 4.78 is 5.80. The maximum atomic E-state index is 2.61. The molecule has 2 nitrogen and oxygen atoms in total. The second-order valence-electron chi connectivity index (χ2n) is 5.50. The van der Waals surface area contributed by atoms with Gasteiger partial charge in [0.05, 0.1) is 0 Å². The standard InChI is InChI=1S/C7H16N.C5H12N.CH3.In/c1-4-6-8(3)7-5-2;1-4-5-6(2)3;;/h1,4-7H2,2-3H3;1,4-5H2,2-3H3;1H3;. The number of hydrogen-bond acceptors (Lipinski definition) is 2. The molecule has 16 heavy (non-hydrogen) atoms. The SMILES string of the molecule is CCCN(C)CC[CH2][In]([CH3])[CH2]CCN(C)C. The monoisotopic (exact) mass is 330 g/mol. The van der Waals surface area contributed by atoms with Gasteiger partial charge in [0.15, 0.2) is 0 Å². The minimum absolute atomic E-state index is 1.05. The summed E-state index contributed by atoms with van der Waals surface area (Å²) >= 11 is -1.05. The van der Waals surface area contributed by atoms with Crippen LogP contribution in [0.3, 0.4) is 0 Å². The van der Waals surface area contributed by atoms with Crippen LogP contribution < -0.4 is 0 Å². The van der Waals surface area contributed by atoms with Crippen LogP contribution in [0, 0.1) is 0 Å². The van der Waals surface area contributed by atoms with E-state index in [1.54, 1.807) is 8.35 Å². The number of nitrogens with zero attached hydrogens (tertiary/aromatic N) is 2. The van der Waals surface area contributed by atoms with Gasteiger partial charge in [-0.1, -0.05) is 0 Å². The summed E-state index contributed by atoms with van der Waals surface area (Å²) in [5.74, 6) is 0. The van der Waals surface area contributed by atoms with Crippen molar-refractivity contribution in [1.82, 2.24) is 9.80 Å². The van der Waals surface area contributed by atoms with E-state index in [2.05, 4.69) is 42.5 Å². The van der Waals surface area contributed by atoms with Crippen LogP contribution in [0.25, 0.3) is 0 Å². The molecule has 0 radical (unpaired) electrons. The molecule has 0 aliphatic rings. The van der Waals surface area contributed by atoms with Crippen LogP contribution in [0.1, 0.15) is 26.2 Å². The first-order valence-electron chi connectivity index (χ1n) is 6.89. The normalized spacial score (nSPS) is 11.4. The van der Waals surface area contributed by atoms with Crippen molar-refractivity contribution in [1.29, 1.82) is 0 Å². The van der Waals surface area contributed by atoms with Gasteiger partial charge in [0.2, 0.25) is 0 Å². The molecule has 96 valence electrons. The van der Waals surface area contributed by atoms with Gasteiger partial charge in [-0.15, -0.1) is 0 Å². The van der Waals surface area contributed by atoms with Crippen LogP contribution in [0.15, 0.2) is 0 Å². The first kappa shape index (κ1) is 16.8. The van der Waals surface area contributed by atoms with Crippen molar-refractivity contribution in [3.05, 3.63) is 0 Å². The summed E-state index contributed by atoms with van der Waals surface area (Å²) in [6, 6.07) is 0. The van der Waals surface area contributed by atoms with Gasteiger partial charge in [-0.05, 0) is 0 Å². The third-order valence-electron chi connectivity index (χ3n) is 3.14. The Morgan fingerprint density at radius 1 is 0.875 bits per heavy atom. The Morgan fingerprint density at radius 2 is 1.44 bits per heavy atom. The van der Waals surface area contributed by atoms with Gasteiger partial charge in [-0.3, -0.25) is 0 Å². The van der Waals surface area contributed by atoms with Crippen LogP contribution in [0.2, 0.25) is 13.0 Å². The fourth-order valence-electron chi connectivity index (χ4n) is 2.10. The summed E-state index contributed by atoms with van der Waals surface area (Å²) in [6.07, 6.45) is 4.18. The molecular formula is C13H31InN2. The second kappa shape index (κ2) is 10.9. The van der Waals surface area contributed by atoms with E-state index >= 15 is 0 Å². The molecule has 0 aliphatic heterocycles. The third-order valence-corrected chi connectivity index (χ3v) is 11.1. The molecule has 0 saturated heterocycles. The molecule has 0 atom stereocenters. The van der Waals surface area contributed by atoms with E-state index in [9.17, 15) is 0 Å². The average Bonchev–Trinajstić information content (AvgIpc) is 2.17. The van der Waals surface area contributed by atoms with E-state index in [1.165, 1.54) is 38.9 Å². The van der Waals surface area contributed by atoms with Crippen LogP contribution in [0.4, 0.5) is 0 Å². The molecule has 0 heterocycles. The summed E-state index contributed by atoms with van der Waals surface area (Å²) in [5, 5.41) is 0. The average molecular weight is 330 g/mol. The third kappa shape index (κ3) is 11.3. The molecule has 0 amide bonds. The summed E-state index contributed by atoms with van der Waals surface area (Å²) in [6.45, 7) is 6.14. The minimum atomic E-state index is -1.05. The Hall–Kier alpha value is 0.790. The molecule has 0 spiro atoms. The summed E-state index contributed by atoms with van der Waals surface area (Å²) in [4.78, 5) is 4.80.